The minimum atomic E-state index is 0.0254. The lowest BCUT2D eigenvalue weighted by atomic mass is 10.0. The number of hydrogen-bond donors (Lipinski definition) is 0. The Balaban J connectivity index is 2.79. The Bertz CT molecular complexity index is 230. The average Bonchev–Trinajstić information content (AvgIpc) is 2.38. The molecule has 4 heteroatoms. The summed E-state index contributed by atoms with van der Waals surface area (Å²) in [5.74, 6) is 1.19. The molecule has 1 saturated heterocycles. The number of carbonyl (C=O) groups is 1. The van der Waals surface area contributed by atoms with Crippen LogP contribution in [-0.2, 0) is 4.79 Å². The maximum absolute atomic E-state index is 12.1. The molecular formula is C10H20N2OS. The second-order valence-corrected chi connectivity index (χ2v) is 5.99. The van der Waals surface area contributed by atoms with E-state index in [4.69, 9.17) is 0 Å². The number of nitrogens with zero attached hydrogens (tertiary/aromatic N) is 2. The lowest BCUT2D eigenvalue weighted by Crippen LogP contribution is -2.50. The molecule has 1 atom stereocenters. The molecule has 1 aliphatic heterocycles. The fraction of sp³-hybridized carbons (Fsp3) is 0.900. The molecule has 1 aliphatic rings. The first-order valence-corrected chi connectivity index (χ1v) is 5.98. The largest absolute Gasteiger partial charge is 0.345 e. The van der Waals surface area contributed by atoms with Gasteiger partial charge in [-0.15, -0.1) is 11.8 Å². The normalized spacial score (nSPS) is 26.5. The van der Waals surface area contributed by atoms with Crippen LogP contribution in [0.15, 0.2) is 0 Å². The second-order valence-electron chi connectivity index (χ2n) is 4.39. The Labute approximate surface area is 90.8 Å². The van der Waals surface area contributed by atoms with Gasteiger partial charge in [-0.3, -0.25) is 9.69 Å². The molecule has 0 aromatic carbocycles. The van der Waals surface area contributed by atoms with Crippen molar-refractivity contribution in [1.82, 2.24) is 9.80 Å². The number of likely N-dealkylation sites (N-methyl/N-ethyl adjacent to an activating group) is 2. The topological polar surface area (TPSA) is 23.6 Å². The highest BCUT2D eigenvalue weighted by Crippen LogP contribution is 2.38. The summed E-state index contributed by atoms with van der Waals surface area (Å²) in [5.41, 5.74) is 0. The van der Waals surface area contributed by atoms with Gasteiger partial charge in [-0.1, -0.05) is 0 Å². The molecule has 1 amide bonds. The van der Waals surface area contributed by atoms with Gasteiger partial charge in [0.05, 0.1) is 0 Å². The van der Waals surface area contributed by atoms with Crippen LogP contribution >= 0.6 is 11.8 Å². The minimum Gasteiger partial charge on any atom is -0.345 e. The summed E-state index contributed by atoms with van der Waals surface area (Å²) >= 11 is 1.85. The van der Waals surface area contributed by atoms with E-state index in [0.29, 0.717) is 0 Å². The molecule has 3 nitrogen and oxygen atoms in total. The standard InChI is InChI=1S/C10H20N2OS/c1-6-11(4)9(13)8-10(2,3)14-7-12(8)5/h8H,6-7H2,1-5H3. The van der Waals surface area contributed by atoms with Crippen LogP contribution in [0.25, 0.3) is 0 Å². The molecule has 1 fully saturated rings. The second kappa shape index (κ2) is 4.11. The summed E-state index contributed by atoms with van der Waals surface area (Å²) in [6, 6.07) is 0.0254. The monoisotopic (exact) mass is 216 g/mol. The van der Waals surface area contributed by atoms with Crippen LogP contribution in [0.5, 0.6) is 0 Å². The number of amides is 1. The number of thioether (sulfide) groups is 1. The van der Waals surface area contributed by atoms with Gasteiger partial charge in [0.15, 0.2) is 0 Å². The molecule has 0 aromatic heterocycles. The molecule has 0 N–H and O–H groups in total. The Morgan fingerprint density at radius 3 is 2.57 bits per heavy atom. The Kier molecular flexibility index (Phi) is 3.48. The molecule has 0 saturated carbocycles. The lowest BCUT2D eigenvalue weighted by Gasteiger charge is -2.31. The molecule has 0 aromatic rings. The van der Waals surface area contributed by atoms with E-state index < -0.39 is 0 Å². The van der Waals surface area contributed by atoms with Crippen molar-refractivity contribution in [2.45, 2.75) is 31.6 Å². The molecule has 1 rings (SSSR count). The van der Waals surface area contributed by atoms with E-state index >= 15 is 0 Å². The Morgan fingerprint density at radius 1 is 1.64 bits per heavy atom. The summed E-state index contributed by atoms with van der Waals surface area (Å²) in [4.78, 5) is 16.0. The highest BCUT2D eigenvalue weighted by atomic mass is 32.2. The molecule has 1 heterocycles. The van der Waals surface area contributed by atoms with E-state index in [0.717, 1.165) is 12.4 Å². The number of hydrogen-bond acceptors (Lipinski definition) is 3. The zero-order chi connectivity index (χ0) is 10.9. The zero-order valence-electron chi connectivity index (χ0n) is 9.70. The molecule has 0 spiro atoms. The molecular weight excluding hydrogens is 196 g/mol. The first-order chi connectivity index (χ1) is 6.40. The molecule has 82 valence electrons. The predicted octanol–water partition coefficient (Wildman–Crippen LogP) is 1.25. The van der Waals surface area contributed by atoms with Crippen LogP contribution in [0.2, 0.25) is 0 Å². The fourth-order valence-corrected chi connectivity index (χ4v) is 2.93. The van der Waals surface area contributed by atoms with Gasteiger partial charge in [0.1, 0.15) is 6.04 Å². The zero-order valence-corrected chi connectivity index (χ0v) is 10.5. The summed E-state index contributed by atoms with van der Waals surface area (Å²) in [6.07, 6.45) is 0. The highest BCUT2D eigenvalue weighted by Gasteiger charge is 2.44. The molecule has 0 radical (unpaired) electrons. The van der Waals surface area contributed by atoms with Gasteiger partial charge in [0, 0.05) is 24.2 Å². The van der Waals surface area contributed by atoms with Crippen molar-refractivity contribution in [2.75, 3.05) is 26.5 Å². The fourth-order valence-electron chi connectivity index (χ4n) is 1.80. The smallest absolute Gasteiger partial charge is 0.241 e. The van der Waals surface area contributed by atoms with Crippen molar-refractivity contribution in [2.24, 2.45) is 0 Å². The van der Waals surface area contributed by atoms with E-state index in [1.54, 1.807) is 4.90 Å². The van der Waals surface area contributed by atoms with Crippen molar-refractivity contribution in [3.63, 3.8) is 0 Å². The Hall–Kier alpha value is -0.220. The van der Waals surface area contributed by atoms with Gasteiger partial charge >= 0.3 is 0 Å². The van der Waals surface area contributed by atoms with Crippen molar-refractivity contribution < 1.29 is 4.79 Å². The quantitative estimate of drug-likeness (QED) is 0.694. The van der Waals surface area contributed by atoms with Crippen LogP contribution in [0, 0.1) is 0 Å². The molecule has 14 heavy (non-hydrogen) atoms. The van der Waals surface area contributed by atoms with Gasteiger partial charge < -0.3 is 4.90 Å². The van der Waals surface area contributed by atoms with Crippen LogP contribution in [-0.4, -0.2) is 53.0 Å². The first-order valence-electron chi connectivity index (χ1n) is 4.99. The third-order valence-electron chi connectivity index (χ3n) is 2.82. The summed E-state index contributed by atoms with van der Waals surface area (Å²) in [7, 11) is 3.89. The van der Waals surface area contributed by atoms with Crippen LogP contribution in [0.1, 0.15) is 20.8 Å². The van der Waals surface area contributed by atoms with E-state index in [-0.39, 0.29) is 16.7 Å². The summed E-state index contributed by atoms with van der Waals surface area (Å²) in [5, 5.41) is 0. The SMILES string of the molecule is CCN(C)C(=O)C1N(C)CSC1(C)C. The molecule has 1 unspecified atom stereocenters. The first kappa shape index (κ1) is 11.9. The maximum atomic E-state index is 12.1. The number of rotatable bonds is 2. The van der Waals surface area contributed by atoms with Gasteiger partial charge in [0.25, 0.3) is 0 Å². The lowest BCUT2D eigenvalue weighted by molar-refractivity contribution is -0.135. The van der Waals surface area contributed by atoms with Crippen molar-refractivity contribution in [3.8, 4) is 0 Å². The summed E-state index contributed by atoms with van der Waals surface area (Å²) < 4.78 is 0.0370. The molecule has 0 aliphatic carbocycles. The van der Waals surface area contributed by atoms with E-state index in [2.05, 4.69) is 18.7 Å². The third kappa shape index (κ3) is 2.06. The summed E-state index contributed by atoms with van der Waals surface area (Å²) in [6.45, 7) is 7.08. The van der Waals surface area contributed by atoms with E-state index in [1.165, 1.54) is 0 Å². The molecule has 0 bridgehead atoms. The minimum absolute atomic E-state index is 0.0254. The van der Waals surface area contributed by atoms with Crippen LogP contribution in [0.4, 0.5) is 0 Å². The van der Waals surface area contributed by atoms with Crippen LogP contribution in [0.3, 0.4) is 0 Å². The number of carbonyl (C=O) groups excluding carboxylic acids is 1. The van der Waals surface area contributed by atoms with E-state index in [9.17, 15) is 4.79 Å². The predicted molar refractivity (Wildman–Crippen MR) is 61.4 cm³/mol. The van der Waals surface area contributed by atoms with Gasteiger partial charge in [-0.05, 0) is 27.8 Å². The highest BCUT2D eigenvalue weighted by molar-refractivity contribution is 8.00. The van der Waals surface area contributed by atoms with E-state index in [1.807, 2.05) is 32.8 Å². The van der Waals surface area contributed by atoms with Crippen molar-refractivity contribution in [1.29, 1.82) is 0 Å². The maximum Gasteiger partial charge on any atom is 0.241 e. The van der Waals surface area contributed by atoms with Crippen molar-refractivity contribution >= 4 is 17.7 Å². The van der Waals surface area contributed by atoms with Gasteiger partial charge in [0.2, 0.25) is 5.91 Å². The van der Waals surface area contributed by atoms with Crippen molar-refractivity contribution in [3.05, 3.63) is 0 Å². The Morgan fingerprint density at radius 2 is 2.21 bits per heavy atom. The third-order valence-corrected chi connectivity index (χ3v) is 4.33. The van der Waals surface area contributed by atoms with Gasteiger partial charge in [-0.2, -0.15) is 0 Å². The van der Waals surface area contributed by atoms with Crippen LogP contribution < -0.4 is 0 Å². The average molecular weight is 216 g/mol. The van der Waals surface area contributed by atoms with Gasteiger partial charge in [-0.25, -0.2) is 0 Å².